The number of hydrogen-bond donors (Lipinski definition) is 1. The standard InChI is InChI=1S/C14H26O/c1-5-13(15)7-9-14(4)8-6-11(2)10-12(14)3/h10,12-13,15H,5-9H2,1-4H3/t12-,13+,14-/m0/s1. The topological polar surface area (TPSA) is 20.2 Å². The van der Waals surface area contributed by atoms with E-state index in [0.29, 0.717) is 11.3 Å². The number of aliphatic hydroxyl groups excluding tert-OH is 1. The van der Waals surface area contributed by atoms with Crippen molar-refractivity contribution in [3.63, 3.8) is 0 Å². The van der Waals surface area contributed by atoms with Gasteiger partial charge in [0.05, 0.1) is 6.10 Å². The Morgan fingerprint density at radius 2 is 2.27 bits per heavy atom. The van der Waals surface area contributed by atoms with E-state index in [1.807, 2.05) is 0 Å². The molecule has 88 valence electrons. The Labute approximate surface area is 94.6 Å². The van der Waals surface area contributed by atoms with Crippen LogP contribution in [0.3, 0.4) is 0 Å². The van der Waals surface area contributed by atoms with Crippen molar-refractivity contribution in [3.05, 3.63) is 11.6 Å². The molecule has 1 rings (SSSR count). The lowest BCUT2D eigenvalue weighted by molar-refractivity contribution is 0.112. The van der Waals surface area contributed by atoms with Crippen LogP contribution in [0, 0.1) is 11.3 Å². The average molecular weight is 210 g/mol. The van der Waals surface area contributed by atoms with E-state index in [4.69, 9.17) is 0 Å². The highest BCUT2D eigenvalue weighted by molar-refractivity contribution is 5.09. The van der Waals surface area contributed by atoms with Gasteiger partial charge in [-0.15, -0.1) is 0 Å². The third-order valence-electron chi connectivity index (χ3n) is 4.24. The first-order chi connectivity index (χ1) is 6.98. The van der Waals surface area contributed by atoms with Gasteiger partial charge >= 0.3 is 0 Å². The molecule has 0 amide bonds. The van der Waals surface area contributed by atoms with E-state index >= 15 is 0 Å². The molecule has 1 heteroatoms. The molecular formula is C14H26O. The summed E-state index contributed by atoms with van der Waals surface area (Å²) < 4.78 is 0. The van der Waals surface area contributed by atoms with Crippen LogP contribution in [0.25, 0.3) is 0 Å². The average Bonchev–Trinajstić information content (AvgIpc) is 2.21. The minimum Gasteiger partial charge on any atom is -0.393 e. The quantitative estimate of drug-likeness (QED) is 0.697. The van der Waals surface area contributed by atoms with Crippen molar-refractivity contribution < 1.29 is 5.11 Å². The van der Waals surface area contributed by atoms with Crippen LogP contribution in [-0.4, -0.2) is 11.2 Å². The van der Waals surface area contributed by atoms with Gasteiger partial charge in [-0.1, -0.05) is 32.4 Å². The zero-order valence-corrected chi connectivity index (χ0v) is 10.7. The summed E-state index contributed by atoms with van der Waals surface area (Å²) in [5, 5.41) is 9.63. The molecule has 1 nitrogen and oxygen atoms in total. The Morgan fingerprint density at radius 1 is 1.60 bits per heavy atom. The van der Waals surface area contributed by atoms with Crippen LogP contribution in [0.4, 0.5) is 0 Å². The minimum atomic E-state index is -0.0963. The summed E-state index contributed by atoms with van der Waals surface area (Å²) in [6.07, 6.45) is 7.86. The first-order valence-corrected chi connectivity index (χ1v) is 6.33. The van der Waals surface area contributed by atoms with Crippen LogP contribution in [0.1, 0.15) is 59.8 Å². The third kappa shape index (κ3) is 3.34. The van der Waals surface area contributed by atoms with Gasteiger partial charge in [-0.3, -0.25) is 0 Å². The van der Waals surface area contributed by atoms with E-state index < -0.39 is 0 Å². The first-order valence-electron chi connectivity index (χ1n) is 6.33. The fourth-order valence-electron chi connectivity index (χ4n) is 2.47. The van der Waals surface area contributed by atoms with Crippen molar-refractivity contribution in [3.8, 4) is 0 Å². The molecule has 0 radical (unpaired) electrons. The molecule has 0 saturated carbocycles. The van der Waals surface area contributed by atoms with Gasteiger partial charge in [0, 0.05) is 0 Å². The van der Waals surface area contributed by atoms with Gasteiger partial charge in [0.15, 0.2) is 0 Å². The van der Waals surface area contributed by atoms with E-state index in [1.165, 1.54) is 18.4 Å². The molecule has 1 aliphatic carbocycles. The molecule has 0 heterocycles. The second kappa shape index (κ2) is 5.16. The van der Waals surface area contributed by atoms with E-state index in [2.05, 4.69) is 33.8 Å². The van der Waals surface area contributed by atoms with Crippen molar-refractivity contribution >= 4 is 0 Å². The van der Waals surface area contributed by atoms with Crippen molar-refractivity contribution in [2.24, 2.45) is 11.3 Å². The lowest BCUT2D eigenvalue weighted by Gasteiger charge is -2.38. The van der Waals surface area contributed by atoms with Gasteiger partial charge in [-0.2, -0.15) is 0 Å². The Kier molecular flexibility index (Phi) is 4.39. The SMILES string of the molecule is CC[C@@H](O)CC[C@]1(C)CCC(C)=C[C@@H]1C. The predicted octanol–water partition coefficient (Wildman–Crippen LogP) is 3.92. The maximum absolute atomic E-state index is 9.63. The number of rotatable bonds is 4. The number of aliphatic hydroxyl groups is 1. The zero-order chi connectivity index (χ0) is 11.5. The highest BCUT2D eigenvalue weighted by Gasteiger charge is 2.32. The first kappa shape index (κ1) is 12.8. The van der Waals surface area contributed by atoms with E-state index in [0.717, 1.165) is 19.3 Å². The molecule has 15 heavy (non-hydrogen) atoms. The smallest absolute Gasteiger partial charge is 0.0537 e. The molecule has 0 unspecified atom stereocenters. The Bertz CT molecular complexity index is 231. The van der Waals surface area contributed by atoms with Gasteiger partial charge in [0.1, 0.15) is 0 Å². The summed E-state index contributed by atoms with van der Waals surface area (Å²) in [7, 11) is 0. The van der Waals surface area contributed by atoms with Crippen molar-refractivity contribution in [1.29, 1.82) is 0 Å². The molecule has 0 aromatic heterocycles. The Balaban J connectivity index is 2.52. The highest BCUT2D eigenvalue weighted by Crippen LogP contribution is 2.43. The van der Waals surface area contributed by atoms with Crippen LogP contribution < -0.4 is 0 Å². The number of allylic oxidation sites excluding steroid dienone is 2. The molecule has 0 aliphatic heterocycles. The van der Waals surface area contributed by atoms with Gasteiger partial charge in [-0.05, 0) is 50.4 Å². The second-order valence-electron chi connectivity index (χ2n) is 5.56. The number of hydrogen-bond acceptors (Lipinski definition) is 1. The molecular weight excluding hydrogens is 184 g/mol. The van der Waals surface area contributed by atoms with Crippen LogP contribution >= 0.6 is 0 Å². The van der Waals surface area contributed by atoms with E-state index in [1.54, 1.807) is 0 Å². The van der Waals surface area contributed by atoms with Crippen LogP contribution in [0.5, 0.6) is 0 Å². The molecule has 1 N–H and O–H groups in total. The molecule has 0 saturated heterocycles. The normalized spacial score (nSPS) is 33.7. The van der Waals surface area contributed by atoms with Gasteiger partial charge < -0.3 is 5.11 Å². The molecule has 0 aromatic rings. The molecule has 0 bridgehead atoms. The summed E-state index contributed by atoms with van der Waals surface area (Å²) in [5.74, 6) is 0.662. The van der Waals surface area contributed by atoms with Crippen molar-refractivity contribution in [1.82, 2.24) is 0 Å². The fraction of sp³-hybridized carbons (Fsp3) is 0.857. The highest BCUT2D eigenvalue weighted by atomic mass is 16.3. The fourth-order valence-corrected chi connectivity index (χ4v) is 2.47. The zero-order valence-electron chi connectivity index (χ0n) is 10.7. The second-order valence-corrected chi connectivity index (χ2v) is 5.56. The Hall–Kier alpha value is -0.300. The van der Waals surface area contributed by atoms with Crippen molar-refractivity contribution in [2.75, 3.05) is 0 Å². The van der Waals surface area contributed by atoms with Gasteiger partial charge in [-0.25, -0.2) is 0 Å². The molecule has 3 atom stereocenters. The van der Waals surface area contributed by atoms with Crippen molar-refractivity contribution in [2.45, 2.75) is 65.9 Å². The summed E-state index contributed by atoms with van der Waals surface area (Å²) >= 11 is 0. The summed E-state index contributed by atoms with van der Waals surface area (Å²) in [4.78, 5) is 0. The monoisotopic (exact) mass is 210 g/mol. The van der Waals surface area contributed by atoms with E-state index in [9.17, 15) is 5.11 Å². The third-order valence-corrected chi connectivity index (χ3v) is 4.24. The van der Waals surface area contributed by atoms with Crippen LogP contribution in [0.15, 0.2) is 11.6 Å². The largest absolute Gasteiger partial charge is 0.393 e. The molecule has 1 aliphatic rings. The summed E-state index contributed by atoms with van der Waals surface area (Å²) in [5.41, 5.74) is 1.95. The summed E-state index contributed by atoms with van der Waals surface area (Å²) in [6.45, 7) is 8.99. The lowest BCUT2D eigenvalue weighted by atomic mass is 9.67. The molecule has 0 spiro atoms. The van der Waals surface area contributed by atoms with Crippen LogP contribution in [0.2, 0.25) is 0 Å². The van der Waals surface area contributed by atoms with Crippen LogP contribution in [-0.2, 0) is 0 Å². The maximum atomic E-state index is 9.63. The minimum absolute atomic E-state index is 0.0963. The Morgan fingerprint density at radius 3 is 2.80 bits per heavy atom. The summed E-state index contributed by atoms with van der Waals surface area (Å²) in [6, 6.07) is 0. The molecule has 0 fully saturated rings. The predicted molar refractivity (Wildman–Crippen MR) is 65.8 cm³/mol. The maximum Gasteiger partial charge on any atom is 0.0537 e. The van der Waals surface area contributed by atoms with E-state index in [-0.39, 0.29) is 6.10 Å². The lowest BCUT2D eigenvalue weighted by Crippen LogP contribution is -2.28. The van der Waals surface area contributed by atoms with Gasteiger partial charge in [0.25, 0.3) is 0 Å². The van der Waals surface area contributed by atoms with Gasteiger partial charge in [0.2, 0.25) is 0 Å². The molecule has 0 aromatic carbocycles.